The Balaban J connectivity index is 1.07. The maximum Gasteiger partial charge on any atom is 0.261 e. The van der Waals surface area contributed by atoms with Crippen LogP contribution in [0.25, 0.3) is 0 Å². The average molecular weight is 400 g/mol. The van der Waals surface area contributed by atoms with Crippen LogP contribution in [0.4, 0.5) is 0 Å². The van der Waals surface area contributed by atoms with E-state index in [1.165, 1.54) is 0 Å². The Morgan fingerprint density at radius 1 is 1.25 bits per heavy atom. The molecule has 7 rings (SSSR count). The van der Waals surface area contributed by atoms with E-state index in [0.717, 1.165) is 61.1 Å². The van der Waals surface area contributed by atoms with Crippen molar-refractivity contribution in [2.24, 2.45) is 5.92 Å². The lowest BCUT2D eigenvalue weighted by Gasteiger charge is -2.68. The highest BCUT2D eigenvalue weighted by Gasteiger charge is 2.72. The lowest BCUT2D eigenvalue weighted by Crippen LogP contribution is -2.77. The van der Waals surface area contributed by atoms with Crippen LogP contribution < -0.4 is 10.1 Å². The van der Waals surface area contributed by atoms with E-state index < -0.39 is 6.10 Å². The van der Waals surface area contributed by atoms with Crippen molar-refractivity contribution in [2.45, 2.75) is 68.4 Å². The molecule has 146 valence electrons. The van der Waals surface area contributed by atoms with Gasteiger partial charge in [0.15, 0.2) is 6.10 Å². The van der Waals surface area contributed by atoms with Crippen molar-refractivity contribution in [1.82, 2.24) is 15.5 Å². The first kappa shape index (κ1) is 16.8. The van der Waals surface area contributed by atoms with E-state index in [4.69, 9.17) is 20.8 Å². The third-order valence-corrected chi connectivity index (χ3v) is 7.26. The fourth-order valence-electron chi connectivity index (χ4n) is 5.57. The summed E-state index contributed by atoms with van der Waals surface area (Å²) in [4.78, 5) is 12.7. The van der Waals surface area contributed by atoms with Crippen molar-refractivity contribution >= 4 is 17.5 Å². The number of benzene rings is 1. The van der Waals surface area contributed by atoms with E-state index in [9.17, 15) is 4.79 Å². The summed E-state index contributed by atoms with van der Waals surface area (Å²) in [5.74, 6) is 3.46. The summed E-state index contributed by atoms with van der Waals surface area (Å²) < 4.78 is 11.8. The second-order valence-electron chi connectivity index (χ2n) is 9.36. The Kier molecular flexibility index (Phi) is 3.31. The molecule has 2 bridgehead atoms. The van der Waals surface area contributed by atoms with Gasteiger partial charge in [-0.2, -0.15) is 0 Å². The quantitative estimate of drug-likeness (QED) is 0.850. The minimum absolute atomic E-state index is 0.0269. The average Bonchev–Trinajstić information content (AvgIpc) is 3.20. The number of amides is 1. The summed E-state index contributed by atoms with van der Waals surface area (Å²) >= 11 is 6.03. The predicted molar refractivity (Wildman–Crippen MR) is 101 cm³/mol. The molecule has 1 aromatic heterocycles. The third kappa shape index (κ3) is 2.36. The van der Waals surface area contributed by atoms with E-state index in [1.807, 2.05) is 12.1 Å². The topological polar surface area (TPSA) is 77.2 Å². The molecule has 0 saturated heterocycles. The standard InChI is InChI=1S/C21H22ClN3O3/c1-11-4-13(5-11)18-24-25-19(28-18)20-8-21(9-20,10-20)23-17(26)16-7-12-6-14(22)2-3-15(12)27-16/h2-3,6,11,13,16H,4-5,7-10H2,1H3,(H,23,26)/t11?,13?,16-,20?,21?/m0/s1. The first-order valence-electron chi connectivity index (χ1n) is 10.0. The number of ether oxygens (including phenoxy) is 1. The number of halogens is 1. The second-order valence-corrected chi connectivity index (χ2v) is 9.80. The molecular formula is C21H22ClN3O3. The third-order valence-electron chi connectivity index (χ3n) is 7.03. The molecule has 1 atom stereocenters. The molecule has 4 fully saturated rings. The van der Waals surface area contributed by atoms with Gasteiger partial charge in [0.05, 0.1) is 5.41 Å². The van der Waals surface area contributed by atoms with Crippen LogP contribution >= 0.6 is 11.6 Å². The van der Waals surface area contributed by atoms with Crippen LogP contribution in [0.15, 0.2) is 22.6 Å². The number of carbonyl (C=O) groups excluding carboxylic acids is 1. The van der Waals surface area contributed by atoms with E-state index >= 15 is 0 Å². The molecule has 0 radical (unpaired) electrons. The van der Waals surface area contributed by atoms with Gasteiger partial charge in [-0.1, -0.05) is 18.5 Å². The maximum absolute atomic E-state index is 12.7. The molecule has 7 heteroatoms. The Hall–Kier alpha value is -2.08. The van der Waals surface area contributed by atoms with E-state index in [0.29, 0.717) is 17.4 Å². The summed E-state index contributed by atoms with van der Waals surface area (Å²) in [6, 6.07) is 5.49. The number of nitrogens with zero attached hydrogens (tertiary/aromatic N) is 2. The minimum Gasteiger partial charge on any atom is -0.480 e. The number of carbonyl (C=O) groups is 1. The molecule has 1 amide bonds. The van der Waals surface area contributed by atoms with E-state index in [-0.39, 0.29) is 16.9 Å². The normalized spacial score (nSPS) is 37.1. The SMILES string of the molecule is CC1CC(c2nnc(C34CC(NC(=O)[C@@H]5Cc6cc(Cl)ccc6O5)(C3)C4)o2)C1. The fraction of sp³-hybridized carbons (Fsp3) is 0.571. The number of rotatable bonds is 4. The highest BCUT2D eigenvalue weighted by Crippen LogP contribution is 2.67. The molecule has 1 aliphatic heterocycles. The monoisotopic (exact) mass is 399 g/mol. The zero-order chi connectivity index (χ0) is 19.1. The van der Waals surface area contributed by atoms with Gasteiger partial charge in [-0.3, -0.25) is 4.79 Å². The maximum atomic E-state index is 12.7. The first-order chi connectivity index (χ1) is 13.4. The van der Waals surface area contributed by atoms with Gasteiger partial charge in [0, 0.05) is 22.9 Å². The molecule has 5 aliphatic rings. The highest BCUT2D eigenvalue weighted by atomic mass is 35.5. The van der Waals surface area contributed by atoms with Crippen LogP contribution in [0.2, 0.25) is 5.02 Å². The summed E-state index contributed by atoms with van der Waals surface area (Å²) in [5, 5.41) is 12.5. The van der Waals surface area contributed by atoms with Gasteiger partial charge in [0.2, 0.25) is 11.8 Å². The van der Waals surface area contributed by atoms with Gasteiger partial charge in [-0.15, -0.1) is 10.2 Å². The van der Waals surface area contributed by atoms with Crippen molar-refractivity contribution in [3.63, 3.8) is 0 Å². The number of fused-ring (bicyclic) bond motifs is 1. The molecule has 2 aromatic rings. The molecule has 4 aliphatic carbocycles. The van der Waals surface area contributed by atoms with Crippen LogP contribution in [-0.4, -0.2) is 27.7 Å². The van der Waals surface area contributed by atoms with E-state index in [2.05, 4.69) is 22.4 Å². The van der Waals surface area contributed by atoms with Crippen molar-refractivity contribution in [2.75, 3.05) is 0 Å². The fourth-order valence-corrected chi connectivity index (χ4v) is 5.77. The van der Waals surface area contributed by atoms with Crippen LogP contribution in [0, 0.1) is 5.92 Å². The van der Waals surface area contributed by atoms with Crippen molar-refractivity contribution in [1.29, 1.82) is 0 Å². The lowest BCUT2D eigenvalue weighted by atomic mass is 9.39. The van der Waals surface area contributed by atoms with Crippen LogP contribution in [0.5, 0.6) is 5.75 Å². The van der Waals surface area contributed by atoms with Crippen molar-refractivity contribution < 1.29 is 13.9 Å². The molecule has 4 saturated carbocycles. The molecule has 1 N–H and O–H groups in total. The number of hydrogen-bond acceptors (Lipinski definition) is 5. The molecule has 0 unspecified atom stereocenters. The van der Waals surface area contributed by atoms with Crippen LogP contribution in [0.1, 0.15) is 62.3 Å². The van der Waals surface area contributed by atoms with Crippen LogP contribution in [-0.2, 0) is 16.6 Å². The largest absolute Gasteiger partial charge is 0.480 e. The summed E-state index contributed by atoms with van der Waals surface area (Å²) in [6.07, 6.45) is 5.00. The van der Waals surface area contributed by atoms with E-state index in [1.54, 1.807) is 6.07 Å². The summed E-state index contributed by atoms with van der Waals surface area (Å²) in [6.45, 7) is 2.25. The first-order valence-corrected chi connectivity index (χ1v) is 10.4. The second kappa shape index (κ2) is 5.50. The zero-order valence-electron chi connectivity index (χ0n) is 15.7. The Morgan fingerprint density at radius 3 is 2.79 bits per heavy atom. The van der Waals surface area contributed by atoms with Gasteiger partial charge in [-0.05, 0) is 61.8 Å². The Bertz CT molecular complexity index is 961. The van der Waals surface area contributed by atoms with Gasteiger partial charge in [-0.25, -0.2) is 0 Å². The summed E-state index contributed by atoms with van der Waals surface area (Å²) in [7, 11) is 0. The Labute approximate surface area is 168 Å². The minimum atomic E-state index is -0.478. The van der Waals surface area contributed by atoms with Crippen LogP contribution in [0.3, 0.4) is 0 Å². The summed E-state index contributed by atoms with van der Waals surface area (Å²) in [5.41, 5.74) is 0.832. The highest BCUT2D eigenvalue weighted by molar-refractivity contribution is 6.30. The lowest BCUT2D eigenvalue weighted by molar-refractivity contribution is -0.147. The molecule has 28 heavy (non-hydrogen) atoms. The number of aromatic nitrogens is 2. The van der Waals surface area contributed by atoms with Crippen molar-refractivity contribution in [3.8, 4) is 5.75 Å². The zero-order valence-corrected chi connectivity index (χ0v) is 16.5. The number of nitrogens with one attached hydrogen (secondary N) is 1. The number of hydrogen-bond donors (Lipinski definition) is 1. The Morgan fingerprint density at radius 2 is 2.04 bits per heavy atom. The molecule has 6 nitrogen and oxygen atoms in total. The van der Waals surface area contributed by atoms with Gasteiger partial charge in [0.25, 0.3) is 5.91 Å². The van der Waals surface area contributed by atoms with Gasteiger partial charge >= 0.3 is 0 Å². The predicted octanol–water partition coefficient (Wildman–Crippen LogP) is 3.53. The molecule has 1 aromatic carbocycles. The molecule has 0 spiro atoms. The van der Waals surface area contributed by atoms with Gasteiger partial charge < -0.3 is 14.5 Å². The molecule has 2 heterocycles. The molecular weight excluding hydrogens is 378 g/mol. The van der Waals surface area contributed by atoms with Crippen molar-refractivity contribution in [3.05, 3.63) is 40.6 Å². The smallest absolute Gasteiger partial charge is 0.261 e. The van der Waals surface area contributed by atoms with Gasteiger partial charge in [0.1, 0.15) is 5.75 Å².